The fourth-order valence-electron chi connectivity index (χ4n) is 3.50. The predicted octanol–water partition coefficient (Wildman–Crippen LogP) is 2.74. The van der Waals surface area contributed by atoms with Crippen LogP contribution >= 0.6 is 11.3 Å². The van der Waals surface area contributed by atoms with Crippen LogP contribution in [0.5, 0.6) is 5.75 Å². The Labute approximate surface area is 172 Å². The Kier molecular flexibility index (Phi) is 5.48. The molecule has 1 unspecified atom stereocenters. The molecular formula is C20H23N5O3S. The molecule has 0 bridgehead atoms. The summed E-state index contributed by atoms with van der Waals surface area (Å²) in [4.78, 5) is 36.3. The maximum absolute atomic E-state index is 12.9. The number of aromatic nitrogens is 3. The van der Waals surface area contributed by atoms with Crippen LogP contribution in [0.2, 0.25) is 0 Å². The Hall–Kier alpha value is -2.94. The number of fused-ring (bicyclic) bond motifs is 1. The van der Waals surface area contributed by atoms with Crippen LogP contribution in [0.4, 0.5) is 10.8 Å². The molecule has 1 saturated heterocycles. The number of methoxy groups -OCH3 is 1. The van der Waals surface area contributed by atoms with E-state index in [-0.39, 0.29) is 18.0 Å². The van der Waals surface area contributed by atoms with Gasteiger partial charge in [-0.25, -0.2) is 4.98 Å². The van der Waals surface area contributed by atoms with Crippen molar-refractivity contribution in [3.63, 3.8) is 0 Å². The number of nitrogens with zero attached hydrogens (tertiary/aromatic N) is 4. The number of rotatable bonds is 5. The minimum atomic E-state index is -0.309. The van der Waals surface area contributed by atoms with Gasteiger partial charge in [0.25, 0.3) is 5.56 Å². The monoisotopic (exact) mass is 413 g/mol. The lowest BCUT2D eigenvalue weighted by molar-refractivity contribution is -0.116. The number of thiazole rings is 1. The van der Waals surface area contributed by atoms with Crippen molar-refractivity contribution < 1.29 is 9.53 Å². The molecule has 8 nitrogen and oxygen atoms in total. The number of hydrogen-bond acceptors (Lipinski definition) is 7. The summed E-state index contributed by atoms with van der Waals surface area (Å²) in [7, 11) is 1.56. The molecule has 0 aliphatic carbocycles. The smallest absolute Gasteiger partial charge is 0.273 e. The van der Waals surface area contributed by atoms with Gasteiger partial charge in [-0.1, -0.05) is 24.3 Å². The molecule has 0 spiro atoms. The molecule has 1 N–H and O–H groups in total. The third kappa shape index (κ3) is 4.24. The first-order valence-electron chi connectivity index (χ1n) is 9.58. The topological polar surface area (TPSA) is 89.3 Å². The van der Waals surface area contributed by atoms with Crippen molar-refractivity contribution in [3.8, 4) is 5.75 Å². The molecule has 1 atom stereocenters. The van der Waals surface area contributed by atoms with Crippen LogP contribution in [0.25, 0.3) is 10.3 Å². The largest absolute Gasteiger partial charge is 0.497 e. The highest BCUT2D eigenvalue weighted by atomic mass is 32.1. The normalized spacial score (nSPS) is 16.8. The Bertz CT molecular complexity index is 1090. The van der Waals surface area contributed by atoms with Crippen molar-refractivity contribution in [1.29, 1.82) is 0 Å². The van der Waals surface area contributed by atoms with E-state index < -0.39 is 0 Å². The van der Waals surface area contributed by atoms with Crippen molar-refractivity contribution in [2.75, 3.05) is 30.4 Å². The van der Waals surface area contributed by atoms with Gasteiger partial charge in [-0.05, 0) is 30.9 Å². The SMILES string of the molecule is COc1cccc(NC(=O)Cn2cnc3nc(N4CCCC(C)C4)sc3c2=O)c1. The summed E-state index contributed by atoms with van der Waals surface area (Å²) in [5.74, 6) is 0.948. The minimum Gasteiger partial charge on any atom is -0.497 e. The van der Waals surface area contributed by atoms with Crippen LogP contribution in [0.15, 0.2) is 35.4 Å². The molecule has 0 saturated carbocycles. The quantitative estimate of drug-likeness (QED) is 0.692. The second-order valence-corrected chi connectivity index (χ2v) is 8.28. The molecule has 3 heterocycles. The number of benzene rings is 1. The zero-order valence-corrected chi connectivity index (χ0v) is 17.2. The van der Waals surface area contributed by atoms with E-state index in [2.05, 4.69) is 27.1 Å². The Balaban J connectivity index is 1.52. The second kappa shape index (κ2) is 8.20. The zero-order valence-electron chi connectivity index (χ0n) is 16.4. The molecule has 1 amide bonds. The number of carbonyl (C=O) groups excluding carboxylic acids is 1. The number of piperidine rings is 1. The Morgan fingerprint density at radius 3 is 3.07 bits per heavy atom. The lowest BCUT2D eigenvalue weighted by atomic mass is 10.0. The number of carbonyl (C=O) groups is 1. The van der Waals surface area contributed by atoms with Gasteiger partial charge in [0, 0.05) is 24.8 Å². The molecule has 152 valence electrons. The lowest BCUT2D eigenvalue weighted by Crippen LogP contribution is -2.34. The van der Waals surface area contributed by atoms with Crippen molar-refractivity contribution in [1.82, 2.24) is 14.5 Å². The first-order chi connectivity index (χ1) is 14.0. The van der Waals surface area contributed by atoms with Crippen molar-refractivity contribution in [2.24, 2.45) is 5.92 Å². The molecule has 3 aromatic rings. The van der Waals surface area contributed by atoms with E-state index in [4.69, 9.17) is 4.74 Å². The summed E-state index contributed by atoms with van der Waals surface area (Å²) in [5.41, 5.74) is 0.804. The average Bonchev–Trinajstić information content (AvgIpc) is 3.15. The van der Waals surface area contributed by atoms with Gasteiger partial charge in [-0.3, -0.25) is 14.2 Å². The molecule has 9 heteroatoms. The molecule has 1 aliphatic heterocycles. The maximum Gasteiger partial charge on any atom is 0.273 e. The van der Waals surface area contributed by atoms with Crippen LogP contribution in [-0.4, -0.2) is 40.6 Å². The van der Waals surface area contributed by atoms with E-state index in [1.54, 1.807) is 31.4 Å². The highest BCUT2D eigenvalue weighted by molar-refractivity contribution is 7.22. The van der Waals surface area contributed by atoms with Crippen LogP contribution in [0, 0.1) is 5.92 Å². The fraction of sp³-hybridized carbons (Fsp3) is 0.400. The highest BCUT2D eigenvalue weighted by Gasteiger charge is 2.21. The molecule has 1 aliphatic rings. The van der Waals surface area contributed by atoms with Crippen LogP contribution in [0.3, 0.4) is 0 Å². The van der Waals surface area contributed by atoms with E-state index >= 15 is 0 Å². The van der Waals surface area contributed by atoms with E-state index in [0.717, 1.165) is 24.6 Å². The number of nitrogens with one attached hydrogen (secondary N) is 1. The average molecular weight is 414 g/mol. The van der Waals surface area contributed by atoms with Gasteiger partial charge in [0.15, 0.2) is 10.8 Å². The summed E-state index contributed by atoms with van der Waals surface area (Å²) in [6.07, 6.45) is 3.73. The summed E-state index contributed by atoms with van der Waals surface area (Å²) in [5, 5.41) is 3.60. The number of hydrogen-bond donors (Lipinski definition) is 1. The molecule has 1 fully saturated rings. The van der Waals surface area contributed by atoms with Gasteiger partial charge >= 0.3 is 0 Å². The van der Waals surface area contributed by atoms with E-state index in [9.17, 15) is 9.59 Å². The second-order valence-electron chi connectivity index (χ2n) is 7.30. The Morgan fingerprint density at radius 1 is 1.41 bits per heavy atom. The van der Waals surface area contributed by atoms with E-state index in [0.29, 0.717) is 27.7 Å². The predicted molar refractivity (Wildman–Crippen MR) is 114 cm³/mol. The number of anilines is 2. The highest BCUT2D eigenvalue weighted by Crippen LogP contribution is 2.29. The summed E-state index contributed by atoms with van der Waals surface area (Å²) < 4.78 is 6.95. The van der Waals surface area contributed by atoms with Crippen molar-refractivity contribution >= 4 is 38.4 Å². The van der Waals surface area contributed by atoms with Gasteiger partial charge in [0.2, 0.25) is 5.91 Å². The van der Waals surface area contributed by atoms with Crippen molar-refractivity contribution in [2.45, 2.75) is 26.3 Å². The van der Waals surface area contributed by atoms with Gasteiger partial charge in [0.05, 0.1) is 7.11 Å². The van der Waals surface area contributed by atoms with Gasteiger partial charge in [0.1, 0.15) is 23.3 Å². The van der Waals surface area contributed by atoms with Crippen LogP contribution < -0.4 is 20.5 Å². The summed E-state index contributed by atoms with van der Waals surface area (Å²) >= 11 is 1.35. The first kappa shape index (κ1) is 19.4. The first-order valence-corrected chi connectivity index (χ1v) is 10.4. The molecule has 0 radical (unpaired) electrons. The standard InChI is InChI=1S/C20H23N5O3S/c1-13-5-4-8-24(10-13)20-23-18-17(29-20)19(27)25(12-21-18)11-16(26)22-14-6-3-7-15(9-14)28-2/h3,6-7,9,12-13H,4-5,8,10-11H2,1-2H3,(H,22,26). The van der Waals surface area contributed by atoms with Crippen LogP contribution in [0.1, 0.15) is 19.8 Å². The lowest BCUT2D eigenvalue weighted by Gasteiger charge is -2.30. The molecule has 29 heavy (non-hydrogen) atoms. The van der Waals surface area contributed by atoms with Gasteiger partial charge in [-0.2, -0.15) is 4.98 Å². The number of ether oxygens (including phenoxy) is 1. The molecule has 4 rings (SSSR count). The van der Waals surface area contributed by atoms with Crippen molar-refractivity contribution in [3.05, 3.63) is 40.9 Å². The molecule has 1 aromatic carbocycles. The maximum atomic E-state index is 12.9. The van der Waals surface area contributed by atoms with Gasteiger partial charge in [-0.15, -0.1) is 0 Å². The van der Waals surface area contributed by atoms with E-state index in [1.165, 1.54) is 28.7 Å². The number of amides is 1. The summed E-state index contributed by atoms with van der Waals surface area (Å²) in [6, 6.07) is 7.06. The summed E-state index contributed by atoms with van der Waals surface area (Å²) in [6.45, 7) is 4.00. The zero-order chi connectivity index (χ0) is 20.4. The Morgan fingerprint density at radius 2 is 2.28 bits per heavy atom. The van der Waals surface area contributed by atoms with E-state index in [1.807, 2.05) is 0 Å². The minimum absolute atomic E-state index is 0.118. The third-order valence-corrected chi connectivity index (χ3v) is 6.06. The molecule has 2 aromatic heterocycles. The third-order valence-electron chi connectivity index (χ3n) is 4.97. The fourth-order valence-corrected chi connectivity index (χ4v) is 4.51. The molecular weight excluding hydrogens is 390 g/mol. The van der Waals surface area contributed by atoms with Crippen LogP contribution in [-0.2, 0) is 11.3 Å². The van der Waals surface area contributed by atoms with Gasteiger partial charge < -0.3 is 15.0 Å².